The molecule has 1 aliphatic rings. The van der Waals surface area contributed by atoms with E-state index in [1.807, 2.05) is 0 Å². The molecule has 1 fully saturated rings. The van der Waals surface area contributed by atoms with Crippen molar-refractivity contribution in [3.63, 3.8) is 0 Å². The summed E-state index contributed by atoms with van der Waals surface area (Å²) in [6, 6.07) is 0. The predicted octanol–water partition coefficient (Wildman–Crippen LogP) is 4.06. The van der Waals surface area contributed by atoms with E-state index >= 15 is 0 Å². The summed E-state index contributed by atoms with van der Waals surface area (Å²) in [6.45, 7) is 3.94. The Morgan fingerprint density at radius 2 is 2.00 bits per heavy atom. The molecule has 0 amide bonds. The van der Waals surface area contributed by atoms with Gasteiger partial charge in [0, 0.05) is 6.61 Å². The number of hydrogen-bond donors (Lipinski definition) is 0. The third-order valence-electron chi connectivity index (χ3n) is 2.85. The van der Waals surface area contributed by atoms with Gasteiger partial charge < -0.3 is 9.47 Å². The average Bonchev–Trinajstić information content (AvgIpc) is 2.34. The van der Waals surface area contributed by atoms with Crippen molar-refractivity contribution in [2.24, 2.45) is 0 Å². The van der Waals surface area contributed by atoms with Gasteiger partial charge in [-0.15, -0.1) is 0 Å². The quantitative estimate of drug-likeness (QED) is 0.459. The van der Waals surface area contributed by atoms with Crippen molar-refractivity contribution in [2.75, 3.05) is 13.2 Å². The molecule has 1 atom stereocenters. The normalized spacial score (nSPS) is 21.7. The van der Waals surface area contributed by atoms with Gasteiger partial charge >= 0.3 is 0 Å². The van der Waals surface area contributed by atoms with Crippen molar-refractivity contribution in [3.8, 4) is 0 Å². The van der Waals surface area contributed by atoms with Crippen molar-refractivity contribution in [1.82, 2.24) is 0 Å². The minimum Gasteiger partial charge on any atom is -0.353 e. The molecule has 2 heteroatoms. The van der Waals surface area contributed by atoms with Crippen LogP contribution in [-0.2, 0) is 9.47 Å². The first-order valence-electron chi connectivity index (χ1n) is 6.81. The largest absolute Gasteiger partial charge is 0.353 e. The Bertz CT molecular complexity index is 172. The maximum absolute atomic E-state index is 5.65. The fourth-order valence-corrected chi connectivity index (χ4v) is 1.82. The number of allylic oxidation sites excluding steroid dienone is 2. The highest BCUT2D eigenvalue weighted by Gasteiger charge is 2.12. The Labute approximate surface area is 100 Å². The zero-order valence-electron chi connectivity index (χ0n) is 10.6. The van der Waals surface area contributed by atoms with Gasteiger partial charge in [-0.05, 0) is 38.5 Å². The first-order valence-corrected chi connectivity index (χ1v) is 6.81. The number of unbranched alkanes of at least 4 members (excludes halogenated alkanes) is 3. The lowest BCUT2D eigenvalue weighted by Crippen LogP contribution is -2.22. The first-order chi connectivity index (χ1) is 7.93. The minimum absolute atomic E-state index is 0.0813. The number of ether oxygens (including phenoxy) is 2. The number of rotatable bonds is 8. The van der Waals surface area contributed by atoms with Crippen LogP contribution in [0.5, 0.6) is 0 Å². The van der Waals surface area contributed by atoms with Crippen LogP contribution in [0.15, 0.2) is 12.2 Å². The van der Waals surface area contributed by atoms with E-state index in [1.54, 1.807) is 0 Å². The van der Waals surface area contributed by atoms with Crippen LogP contribution in [0.3, 0.4) is 0 Å². The third kappa shape index (κ3) is 7.02. The third-order valence-corrected chi connectivity index (χ3v) is 2.85. The molecule has 0 radical (unpaired) electrons. The highest BCUT2D eigenvalue weighted by atomic mass is 16.7. The minimum atomic E-state index is 0.0813. The summed E-state index contributed by atoms with van der Waals surface area (Å²) in [5.74, 6) is 0. The Morgan fingerprint density at radius 3 is 2.69 bits per heavy atom. The Hall–Kier alpha value is -0.340. The van der Waals surface area contributed by atoms with E-state index in [0.29, 0.717) is 0 Å². The van der Waals surface area contributed by atoms with Crippen LogP contribution < -0.4 is 0 Å². The van der Waals surface area contributed by atoms with Gasteiger partial charge in [0.15, 0.2) is 6.29 Å². The average molecular weight is 226 g/mol. The predicted molar refractivity (Wildman–Crippen MR) is 67.4 cm³/mol. The summed E-state index contributed by atoms with van der Waals surface area (Å²) in [7, 11) is 0. The summed E-state index contributed by atoms with van der Waals surface area (Å²) in [5.41, 5.74) is 0. The molecule has 0 spiro atoms. The van der Waals surface area contributed by atoms with Gasteiger partial charge in [-0.2, -0.15) is 0 Å². The van der Waals surface area contributed by atoms with E-state index in [2.05, 4.69) is 19.1 Å². The first kappa shape index (κ1) is 13.7. The van der Waals surface area contributed by atoms with E-state index in [1.165, 1.54) is 32.1 Å². The van der Waals surface area contributed by atoms with Crippen molar-refractivity contribution in [2.45, 2.75) is 64.6 Å². The molecule has 2 nitrogen and oxygen atoms in total. The van der Waals surface area contributed by atoms with Crippen molar-refractivity contribution >= 4 is 0 Å². The topological polar surface area (TPSA) is 18.5 Å². The Kier molecular flexibility index (Phi) is 8.45. The smallest absolute Gasteiger partial charge is 0.157 e. The summed E-state index contributed by atoms with van der Waals surface area (Å²) in [5, 5.41) is 0. The van der Waals surface area contributed by atoms with Gasteiger partial charge in [0.25, 0.3) is 0 Å². The van der Waals surface area contributed by atoms with E-state index < -0.39 is 0 Å². The van der Waals surface area contributed by atoms with Crippen LogP contribution in [0.1, 0.15) is 58.3 Å². The summed E-state index contributed by atoms with van der Waals surface area (Å²) < 4.78 is 11.2. The summed E-state index contributed by atoms with van der Waals surface area (Å²) in [6.07, 6.45) is 14.2. The van der Waals surface area contributed by atoms with Crippen molar-refractivity contribution in [1.29, 1.82) is 0 Å². The van der Waals surface area contributed by atoms with Gasteiger partial charge in [-0.3, -0.25) is 0 Å². The molecule has 1 unspecified atom stereocenters. The maximum Gasteiger partial charge on any atom is 0.157 e. The molecule has 0 N–H and O–H groups in total. The van der Waals surface area contributed by atoms with E-state index in [0.717, 1.165) is 32.5 Å². The van der Waals surface area contributed by atoms with Crippen LogP contribution in [0.25, 0.3) is 0 Å². The van der Waals surface area contributed by atoms with Gasteiger partial charge in [-0.1, -0.05) is 31.9 Å². The maximum atomic E-state index is 5.65. The van der Waals surface area contributed by atoms with Crippen LogP contribution >= 0.6 is 0 Å². The van der Waals surface area contributed by atoms with E-state index in [-0.39, 0.29) is 6.29 Å². The second kappa shape index (κ2) is 9.86. The molecule has 0 aromatic heterocycles. The SMILES string of the molecule is CCCC/C=C\CCCOC1CCCCO1. The summed E-state index contributed by atoms with van der Waals surface area (Å²) >= 11 is 0. The van der Waals surface area contributed by atoms with E-state index in [9.17, 15) is 0 Å². The molecule has 0 aliphatic carbocycles. The highest BCUT2D eigenvalue weighted by molar-refractivity contribution is 4.81. The Balaban J connectivity index is 1.85. The highest BCUT2D eigenvalue weighted by Crippen LogP contribution is 2.13. The molecule has 1 rings (SSSR count). The van der Waals surface area contributed by atoms with Crippen LogP contribution in [0.4, 0.5) is 0 Å². The van der Waals surface area contributed by atoms with Crippen LogP contribution in [0.2, 0.25) is 0 Å². The van der Waals surface area contributed by atoms with Gasteiger partial charge in [-0.25, -0.2) is 0 Å². The van der Waals surface area contributed by atoms with Gasteiger partial charge in [0.05, 0.1) is 6.61 Å². The van der Waals surface area contributed by atoms with Crippen LogP contribution in [-0.4, -0.2) is 19.5 Å². The molecule has 0 aromatic rings. The fraction of sp³-hybridized carbons (Fsp3) is 0.857. The molecular weight excluding hydrogens is 200 g/mol. The molecule has 0 saturated carbocycles. The van der Waals surface area contributed by atoms with Gasteiger partial charge in [0.1, 0.15) is 0 Å². The zero-order valence-corrected chi connectivity index (χ0v) is 10.6. The molecule has 1 saturated heterocycles. The number of hydrogen-bond acceptors (Lipinski definition) is 2. The van der Waals surface area contributed by atoms with Gasteiger partial charge in [0.2, 0.25) is 0 Å². The molecule has 1 heterocycles. The van der Waals surface area contributed by atoms with E-state index in [4.69, 9.17) is 9.47 Å². The fourth-order valence-electron chi connectivity index (χ4n) is 1.82. The lowest BCUT2D eigenvalue weighted by atomic mass is 10.2. The van der Waals surface area contributed by atoms with Crippen molar-refractivity contribution in [3.05, 3.63) is 12.2 Å². The Morgan fingerprint density at radius 1 is 1.19 bits per heavy atom. The molecule has 1 aliphatic heterocycles. The lowest BCUT2D eigenvalue weighted by molar-refractivity contribution is -0.162. The second-order valence-electron chi connectivity index (χ2n) is 4.42. The standard InChI is InChI=1S/C14H26O2/c1-2-3-4-5-6-7-9-12-15-14-11-8-10-13-16-14/h5-6,14H,2-4,7-13H2,1H3/b6-5-. The lowest BCUT2D eigenvalue weighted by Gasteiger charge is -2.22. The molecular formula is C14H26O2. The van der Waals surface area contributed by atoms with Crippen LogP contribution in [0, 0.1) is 0 Å². The molecule has 94 valence electrons. The summed E-state index contributed by atoms with van der Waals surface area (Å²) in [4.78, 5) is 0. The molecule has 16 heavy (non-hydrogen) atoms. The molecule has 0 bridgehead atoms. The zero-order chi connectivity index (χ0) is 11.5. The second-order valence-corrected chi connectivity index (χ2v) is 4.42. The monoisotopic (exact) mass is 226 g/mol. The van der Waals surface area contributed by atoms with Crippen molar-refractivity contribution < 1.29 is 9.47 Å². The molecule has 0 aromatic carbocycles.